The molecular weight excluding hydrogens is 478 g/mol. The Balaban J connectivity index is 1.92. The topological polar surface area (TPSA) is 96.0 Å². The molecule has 9 heteroatoms. The lowest BCUT2D eigenvalue weighted by Crippen LogP contribution is -2.52. The van der Waals surface area contributed by atoms with E-state index in [4.69, 9.17) is 4.74 Å². The lowest BCUT2D eigenvalue weighted by Gasteiger charge is -2.32. The molecule has 1 unspecified atom stereocenters. The molecule has 0 aliphatic heterocycles. The summed E-state index contributed by atoms with van der Waals surface area (Å²) >= 11 is 0. The van der Waals surface area contributed by atoms with Crippen molar-refractivity contribution in [1.29, 1.82) is 0 Å². The Bertz CT molecular complexity index is 1190. The summed E-state index contributed by atoms with van der Waals surface area (Å²) in [5.41, 5.74) is 2.86. The molecule has 8 nitrogen and oxygen atoms in total. The molecule has 1 N–H and O–H groups in total. The molecular formula is C27H37N3O5S. The van der Waals surface area contributed by atoms with Crippen LogP contribution in [0.2, 0.25) is 0 Å². The van der Waals surface area contributed by atoms with E-state index in [1.165, 1.54) is 4.90 Å². The molecule has 2 aromatic carbocycles. The highest BCUT2D eigenvalue weighted by atomic mass is 32.2. The zero-order valence-corrected chi connectivity index (χ0v) is 22.6. The van der Waals surface area contributed by atoms with Gasteiger partial charge in [-0.15, -0.1) is 0 Å². The van der Waals surface area contributed by atoms with Crippen LogP contribution >= 0.6 is 0 Å². The van der Waals surface area contributed by atoms with Crippen LogP contribution in [0.4, 0.5) is 5.69 Å². The van der Waals surface area contributed by atoms with Gasteiger partial charge in [0.25, 0.3) is 0 Å². The van der Waals surface area contributed by atoms with Crippen molar-refractivity contribution in [2.75, 3.05) is 24.2 Å². The fourth-order valence-electron chi connectivity index (χ4n) is 4.52. The number of anilines is 1. The summed E-state index contributed by atoms with van der Waals surface area (Å²) in [5.74, 6) is -0.0647. The molecule has 0 heterocycles. The van der Waals surface area contributed by atoms with Gasteiger partial charge >= 0.3 is 0 Å². The number of carbonyl (C=O) groups is 2. The largest absolute Gasteiger partial charge is 0.497 e. The van der Waals surface area contributed by atoms with Crippen LogP contribution < -0.4 is 14.4 Å². The van der Waals surface area contributed by atoms with Gasteiger partial charge in [0.1, 0.15) is 18.3 Å². The smallest absolute Gasteiger partial charge is 0.244 e. The second-order valence-corrected chi connectivity index (χ2v) is 11.5. The predicted octanol–water partition coefficient (Wildman–Crippen LogP) is 3.55. The predicted molar refractivity (Wildman–Crippen MR) is 142 cm³/mol. The van der Waals surface area contributed by atoms with Crippen molar-refractivity contribution < 1.29 is 22.7 Å². The third-order valence-corrected chi connectivity index (χ3v) is 7.79. The summed E-state index contributed by atoms with van der Waals surface area (Å²) in [7, 11) is -2.21. The van der Waals surface area contributed by atoms with Crippen molar-refractivity contribution in [3.05, 3.63) is 59.2 Å². The molecule has 0 aromatic heterocycles. The minimum Gasteiger partial charge on any atom is -0.497 e. The number of methoxy groups -OCH3 is 1. The Hall–Kier alpha value is -3.07. The van der Waals surface area contributed by atoms with Crippen LogP contribution in [-0.4, -0.2) is 57.1 Å². The Morgan fingerprint density at radius 2 is 1.81 bits per heavy atom. The Morgan fingerprint density at radius 3 is 2.44 bits per heavy atom. The average Bonchev–Trinajstić information content (AvgIpc) is 3.34. The lowest BCUT2D eigenvalue weighted by molar-refractivity contribution is -0.139. The molecule has 2 amide bonds. The molecule has 0 saturated heterocycles. The molecule has 1 saturated carbocycles. The molecule has 0 spiro atoms. The average molecular weight is 516 g/mol. The van der Waals surface area contributed by atoms with E-state index >= 15 is 0 Å². The number of ether oxygens (including phenoxy) is 1. The maximum absolute atomic E-state index is 13.7. The van der Waals surface area contributed by atoms with Gasteiger partial charge in [-0.05, 0) is 68.5 Å². The van der Waals surface area contributed by atoms with Gasteiger partial charge in [-0.1, -0.05) is 37.1 Å². The molecule has 36 heavy (non-hydrogen) atoms. The number of nitrogens with zero attached hydrogens (tertiary/aromatic N) is 2. The first kappa shape index (κ1) is 27.5. The minimum atomic E-state index is -3.77. The van der Waals surface area contributed by atoms with Crippen molar-refractivity contribution >= 4 is 27.5 Å². The molecule has 1 aliphatic carbocycles. The highest BCUT2D eigenvalue weighted by molar-refractivity contribution is 7.92. The number of benzene rings is 2. The Morgan fingerprint density at radius 1 is 1.11 bits per heavy atom. The summed E-state index contributed by atoms with van der Waals surface area (Å²) in [5, 5.41) is 3.06. The van der Waals surface area contributed by atoms with E-state index in [2.05, 4.69) is 5.32 Å². The molecule has 0 radical (unpaired) electrons. The van der Waals surface area contributed by atoms with E-state index in [0.717, 1.165) is 52.9 Å². The van der Waals surface area contributed by atoms with Gasteiger partial charge in [-0.3, -0.25) is 13.9 Å². The Labute approximate surface area is 214 Å². The zero-order chi connectivity index (χ0) is 26.5. The monoisotopic (exact) mass is 515 g/mol. The number of amides is 2. The van der Waals surface area contributed by atoms with E-state index in [9.17, 15) is 18.0 Å². The van der Waals surface area contributed by atoms with Crippen molar-refractivity contribution in [2.24, 2.45) is 0 Å². The van der Waals surface area contributed by atoms with Crippen LogP contribution in [0.15, 0.2) is 42.5 Å². The summed E-state index contributed by atoms with van der Waals surface area (Å²) in [6.45, 7) is 5.09. The fraction of sp³-hybridized carbons (Fsp3) is 0.481. The number of aryl methyl sites for hydroxylation is 2. The molecule has 1 fully saturated rings. The first-order chi connectivity index (χ1) is 17.0. The van der Waals surface area contributed by atoms with E-state index in [-0.39, 0.29) is 18.5 Å². The van der Waals surface area contributed by atoms with Crippen molar-refractivity contribution in [1.82, 2.24) is 10.2 Å². The van der Waals surface area contributed by atoms with E-state index in [1.54, 1.807) is 32.2 Å². The van der Waals surface area contributed by atoms with Crippen molar-refractivity contribution in [3.63, 3.8) is 0 Å². The highest BCUT2D eigenvalue weighted by Crippen LogP contribution is 2.25. The number of nitrogens with one attached hydrogen (secondary N) is 1. The lowest BCUT2D eigenvalue weighted by atomic mass is 10.1. The van der Waals surface area contributed by atoms with E-state index in [1.807, 2.05) is 38.1 Å². The second-order valence-electron chi connectivity index (χ2n) is 9.60. The number of rotatable bonds is 10. The number of hydrogen-bond donors (Lipinski definition) is 1. The second kappa shape index (κ2) is 11.8. The molecule has 1 atom stereocenters. The molecule has 2 aromatic rings. The van der Waals surface area contributed by atoms with E-state index in [0.29, 0.717) is 11.4 Å². The van der Waals surface area contributed by atoms with Crippen LogP contribution in [-0.2, 0) is 26.2 Å². The normalized spacial score (nSPS) is 14.8. The third-order valence-electron chi connectivity index (χ3n) is 6.67. The Kier molecular flexibility index (Phi) is 9.00. The van der Waals surface area contributed by atoms with Gasteiger partial charge < -0.3 is 15.0 Å². The summed E-state index contributed by atoms with van der Waals surface area (Å²) in [6.07, 6.45) is 5.09. The minimum absolute atomic E-state index is 0.108. The highest BCUT2D eigenvalue weighted by Gasteiger charge is 2.31. The van der Waals surface area contributed by atoms with Gasteiger partial charge in [-0.2, -0.15) is 0 Å². The first-order valence-corrected chi connectivity index (χ1v) is 14.1. The van der Waals surface area contributed by atoms with E-state index < -0.39 is 28.5 Å². The SMILES string of the molecule is COc1cccc(CN(C(=O)CN(c2cc(C)ccc2C)S(C)(=O)=O)C(C)C(=O)NC2CCCC2)c1. The number of sulfonamides is 1. The molecule has 0 bridgehead atoms. The molecule has 3 rings (SSSR count). The van der Waals surface area contributed by atoms with Crippen LogP contribution in [0.1, 0.15) is 49.3 Å². The first-order valence-electron chi connectivity index (χ1n) is 12.3. The fourth-order valence-corrected chi connectivity index (χ4v) is 5.42. The quantitative estimate of drug-likeness (QED) is 0.522. The number of hydrogen-bond acceptors (Lipinski definition) is 5. The van der Waals surface area contributed by atoms with Gasteiger partial charge in [0.15, 0.2) is 0 Å². The van der Waals surface area contributed by atoms with Gasteiger partial charge in [-0.25, -0.2) is 8.42 Å². The number of carbonyl (C=O) groups excluding carboxylic acids is 2. The molecule has 1 aliphatic rings. The van der Waals surface area contributed by atoms with Crippen LogP contribution in [0, 0.1) is 13.8 Å². The van der Waals surface area contributed by atoms with Gasteiger partial charge in [0, 0.05) is 12.6 Å². The van der Waals surface area contributed by atoms with Crippen LogP contribution in [0.25, 0.3) is 0 Å². The van der Waals surface area contributed by atoms with Gasteiger partial charge in [0.2, 0.25) is 21.8 Å². The van der Waals surface area contributed by atoms with Gasteiger partial charge in [0.05, 0.1) is 19.1 Å². The maximum atomic E-state index is 13.7. The van der Waals surface area contributed by atoms with Crippen LogP contribution in [0.5, 0.6) is 5.75 Å². The zero-order valence-electron chi connectivity index (χ0n) is 21.8. The summed E-state index contributed by atoms with van der Waals surface area (Å²) in [6, 6.07) is 12.1. The maximum Gasteiger partial charge on any atom is 0.244 e. The standard InChI is InChI=1S/C27H37N3O5S/c1-19-13-14-20(2)25(15-19)30(36(5,33)34)18-26(31)29(17-22-9-8-12-24(16-22)35-4)21(3)27(32)28-23-10-6-7-11-23/h8-9,12-16,21,23H,6-7,10-11,17-18H2,1-5H3,(H,28,32). The van der Waals surface area contributed by atoms with Crippen molar-refractivity contribution in [2.45, 2.75) is 65.1 Å². The van der Waals surface area contributed by atoms with Crippen LogP contribution in [0.3, 0.4) is 0 Å². The summed E-state index contributed by atoms with van der Waals surface area (Å²) in [4.78, 5) is 28.3. The third kappa shape index (κ3) is 7.00. The van der Waals surface area contributed by atoms with Crippen molar-refractivity contribution in [3.8, 4) is 5.75 Å². The summed E-state index contributed by atoms with van der Waals surface area (Å²) < 4.78 is 32.0. The molecule has 196 valence electrons.